The molecule has 0 saturated carbocycles. The Labute approximate surface area is 156 Å². The second-order valence-electron chi connectivity index (χ2n) is 5.54. The Kier molecular flexibility index (Phi) is 7.71. The molecular formula is C18H24N2O3S2. The number of aromatic nitrogens is 1. The molecule has 0 spiro atoms. The molecule has 1 amide bonds. The molecule has 0 aliphatic carbocycles. The van der Waals surface area contributed by atoms with Gasteiger partial charge in [-0.05, 0) is 37.8 Å². The topological polar surface area (TPSA) is 60.7 Å². The van der Waals surface area contributed by atoms with E-state index in [4.69, 9.17) is 4.74 Å². The fraction of sp³-hybridized carbons (Fsp3) is 0.500. The molecular weight excluding hydrogens is 356 g/mol. The number of rotatable bonds is 8. The lowest BCUT2D eigenvalue weighted by Crippen LogP contribution is -2.18. The summed E-state index contributed by atoms with van der Waals surface area (Å²) >= 11 is 3.19. The Morgan fingerprint density at radius 1 is 1.32 bits per heavy atom. The van der Waals surface area contributed by atoms with Crippen molar-refractivity contribution in [1.29, 1.82) is 0 Å². The maximum atomic E-state index is 12.1. The third kappa shape index (κ3) is 5.19. The van der Waals surface area contributed by atoms with Gasteiger partial charge in [-0.3, -0.25) is 4.79 Å². The van der Waals surface area contributed by atoms with Crippen LogP contribution >= 0.6 is 23.1 Å². The lowest BCUT2D eigenvalue weighted by Gasteiger charge is -2.05. The molecule has 7 heteroatoms. The van der Waals surface area contributed by atoms with Gasteiger partial charge in [0.25, 0.3) is 0 Å². The Bertz CT molecular complexity index is 808. The van der Waals surface area contributed by atoms with Gasteiger partial charge in [0, 0.05) is 18.7 Å². The number of ether oxygens (including phenoxy) is 1. The molecule has 0 fully saturated rings. The van der Waals surface area contributed by atoms with Crippen molar-refractivity contribution in [2.24, 2.45) is 4.99 Å². The molecule has 2 aromatic rings. The van der Waals surface area contributed by atoms with E-state index in [1.165, 1.54) is 11.3 Å². The normalized spacial score (nSPS) is 11.9. The van der Waals surface area contributed by atoms with Gasteiger partial charge in [0.2, 0.25) is 5.91 Å². The van der Waals surface area contributed by atoms with Crippen molar-refractivity contribution in [3.63, 3.8) is 0 Å². The molecule has 136 valence electrons. The smallest absolute Gasteiger partial charge is 0.338 e. The van der Waals surface area contributed by atoms with Gasteiger partial charge < -0.3 is 9.30 Å². The van der Waals surface area contributed by atoms with Crippen LogP contribution in [0.5, 0.6) is 0 Å². The second kappa shape index (κ2) is 9.77. The van der Waals surface area contributed by atoms with E-state index in [0.717, 1.165) is 35.4 Å². The predicted octanol–water partition coefficient (Wildman–Crippen LogP) is 3.86. The average Bonchev–Trinajstić information content (AvgIpc) is 2.94. The van der Waals surface area contributed by atoms with Gasteiger partial charge in [-0.25, -0.2) is 4.79 Å². The minimum absolute atomic E-state index is 0.0862. The zero-order valence-corrected chi connectivity index (χ0v) is 16.5. The number of nitrogens with zero attached hydrogens (tertiary/aromatic N) is 2. The summed E-state index contributed by atoms with van der Waals surface area (Å²) in [7, 11) is 0. The maximum absolute atomic E-state index is 12.1. The summed E-state index contributed by atoms with van der Waals surface area (Å²) < 4.78 is 8.07. The standard InChI is InChI=1S/C18H24N2O3S2/c1-4-6-7-16(21)19-18-20(10-11-24-3)14-9-8-13(12-15(14)25-18)17(22)23-5-2/h8-9,12H,4-7,10-11H2,1-3H3. The second-order valence-corrected chi connectivity index (χ2v) is 7.54. The number of aryl methyl sites for hydroxylation is 1. The zero-order chi connectivity index (χ0) is 18.2. The quantitative estimate of drug-likeness (QED) is 0.653. The molecule has 1 heterocycles. The minimum atomic E-state index is -0.328. The van der Waals surface area contributed by atoms with Crippen LogP contribution in [-0.4, -0.2) is 35.1 Å². The van der Waals surface area contributed by atoms with E-state index in [9.17, 15) is 9.59 Å². The van der Waals surface area contributed by atoms with Gasteiger partial charge >= 0.3 is 5.97 Å². The van der Waals surface area contributed by atoms with Gasteiger partial charge in [0.15, 0.2) is 4.80 Å². The number of carbonyl (C=O) groups is 2. The number of hydrogen-bond acceptors (Lipinski definition) is 5. The summed E-state index contributed by atoms with van der Waals surface area (Å²) in [4.78, 5) is 29.0. The highest BCUT2D eigenvalue weighted by Gasteiger charge is 2.12. The summed E-state index contributed by atoms with van der Waals surface area (Å²) in [5.41, 5.74) is 1.52. The first kappa shape index (κ1) is 19.7. The average molecular weight is 381 g/mol. The number of hydrogen-bond donors (Lipinski definition) is 0. The van der Waals surface area contributed by atoms with Crippen LogP contribution in [0.25, 0.3) is 10.2 Å². The van der Waals surface area contributed by atoms with Crippen LogP contribution in [0.4, 0.5) is 0 Å². The van der Waals surface area contributed by atoms with Crippen LogP contribution in [0.1, 0.15) is 43.5 Å². The highest BCUT2D eigenvalue weighted by molar-refractivity contribution is 7.98. The lowest BCUT2D eigenvalue weighted by atomic mass is 10.2. The molecule has 25 heavy (non-hydrogen) atoms. The van der Waals surface area contributed by atoms with E-state index in [-0.39, 0.29) is 11.9 Å². The Hall–Kier alpha value is -1.60. The molecule has 0 aliphatic rings. The van der Waals surface area contributed by atoms with E-state index in [0.29, 0.717) is 23.4 Å². The van der Waals surface area contributed by atoms with Gasteiger partial charge in [0.05, 0.1) is 22.4 Å². The lowest BCUT2D eigenvalue weighted by molar-refractivity contribution is -0.118. The number of amides is 1. The molecule has 0 saturated heterocycles. The largest absolute Gasteiger partial charge is 0.462 e. The number of unbranched alkanes of at least 4 members (excludes halogenated alkanes) is 1. The fourth-order valence-corrected chi connectivity index (χ4v) is 3.87. The third-order valence-electron chi connectivity index (χ3n) is 3.68. The van der Waals surface area contributed by atoms with E-state index in [1.807, 2.05) is 12.1 Å². The highest BCUT2D eigenvalue weighted by Crippen LogP contribution is 2.20. The van der Waals surface area contributed by atoms with Gasteiger partial charge in [-0.1, -0.05) is 24.7 Å². The molecule has 5 nitrogen and oxygen atoms in total. The van der Waals surface area contributed by atoms with Crippen molar-refractivity contribution in [2.75, 3.05) is 18.6 Å². The van der Waals surface area contributed by atoms with E-state index < -0.39 is 0 Å². The summed E-state index contributed by atoms with van der Waals surface area (Å²) in [6.45, 7) is 4.97. The van der Waals surface area contributed by atoms with Gasteiger partial charge in [-0.15, -0.1) is 0 Å². The molecule has 0 unspecified atom stereocenters. The summed E-state index contributed by atoms with van der Waals surface area (Å²) in [6, 6.07) is 5.50. The van der Waals surface area contributed by atoms with Crippen molar-refractivity contribution in [1.82, 2.24) is 4.57 Å². The van der Waals surface area contributed by atoms with E-state index in [1.54, 1.807) is 24.8 Å². The maximum Gasteiger partial charge on any atom is 0.338 e. The van der Waals surface area contributed by atoms with E-state index >= 15 is 0 Å². The predicted molar refractivity (Wildman–Crippen MR) is 104 cm³/mol. The zero-order valence-electron chi connectivity index (χ0n) is 14.9. The third-order valence-corrected chi connectivity index (χ3v) is 5.31. The minimum Gasteiger partial charge on any atom is -0.462 e. The number of carbonyl (C=O) groups excluding carboxylic acids is 2. The number of esters is 1. The fourth-order valence-electron chi connectivity index (χ4n) is 2.39. The monoisotopic (exact) mass is 380 g/mol. The number of fused-ring (bicyclic) bond motifs is 1. The molecule has 0 aliphatic heterocycles. The summed E-state index contributed by atoms with van der Waals surface area (Å²) in [5.74, 6) is 0.518. The Morgan fingerprint density at radius 3 is 2.80 bits per heavy atom. The summed E-state index contributed by atoms with van der Waals surface area (Å²) in [5, 5.41) is 0. The molecule has 0 bridgehead atoms. The molecule has 0 radical (unpaired) electrons. The van der Waals surface area contributed by atoms with Crippen molar-refractivity contribution in [2.45, 2.75) is 39.7 Å². The number of thioether (sulfide) groups is 1. The Balaban J connectivity index is 2.46. The molecule has 2 rings (SSSR count). The van der Waals surface area contributed by atoms with Crippen LogP contribution in [-0.2, 0) is 16.1 Å². The first-order valence-corrected chi connectivity index (χ1v) is 10.7. The molecule has 0 N–H and O–H groups in total. The van der Waals surface area contributed by atoms with Crippen molar-refractivity contribution < 1.29 is 14.3 Å². The van der Waals surface area contributed by atoms with Crippen molar-refractivity contribution >= 4 is 45.2 Å². The SMILES string of the molecule is CCCCC(=O)N=c1sc2cc(C(=O)OCC)ccc2n1CCSC. The van der Waals surface area contributed by atoms with Crippen LogP contribution in [0.15, 0.2) is 23.2 Å². The first-order valence-electron chi connectivity index (χ1n) is 8.47. The van der Waals surface area contributed by atoms with Crippen LogP contribution < -0.4 is 4.80 Å². The number of benzene rings is 1. The van der Waals surface area contributed by atoms with Crippen LogP contribution in [0.3, 0.4) is 0 Å². The molecule has 1 aromatic carbocycles. The van der Waals surface area contributed by atoms with Gasteiger partial charge in [-0.2, -0.15) is 16.8 Å². The molecule has 1 aromatic heterocycles. The highest BCUT2D eigenvalue weighted by atomic mass is 32.2. The van der Waals surface area contributed by atoms with Crippen LogP contribution in [0, 0.1) is 0 Å². The van der Waals surface area contributed by atoms with Crippen molar-refractivity contribution in [3.8, 4) is 0 Å². The van der Waals surface area contributed by atoms with Crippen LogP contribution in [0.2, 0.25) is 0 Å². The van der Waals surface area contributed by atoms with Crippen molar-refractivity contribution in [3.05, 3.63) is 28.6 Å². The number of thiazole rings is 1. The van der Waals surface area contributed by atoms with Gasteiger partial charge in [0.1, 0.15) is 0 Å². The first-order chi connectivity index (χ1) is 12.1. The molecule has 0 atom stereocenters. The summed E-state index contributed by atoms with van der Waals surface area (Å²) in [6.07, 6.45) is 4.35. The van der Waals surface area contributed by atoms with E-state index in [2.05, 4.69) is 22.7 Å². The Morgan fingerprint density at radius 2 is 2.12 bits per heavy atom.